The van der Waals surface area contributed by atoms with E-state index >= 15 is 0 Å². The predicted octanol–water partition coefficient (Wildman–Crippen LogP) is 7.43. The van der Waals surface area contributed by atoms with Gasteiger partial charge < -0.3 is 34.7 Å². The van der Waals surface area contributed by atoms with E-state index in [0.717, 1.165) is 50.1 Å². The first-order valence-electron chi connectivity index (χ1n) is 20.3. The van der Waals surface area contributed by atoms with E-state index in [1.165, 1.54) is 0 Å². The number of carboxylic acids is 1. The molecule has 13 heteroatoms. The number of aliphatic carboxylic acids is 1. The number of hydrogen-bond donors (Lipinski definition) is 3. The lowest BCUT2D eigenvalue weighted by Crippen LogP contribution is -2.53. The van der Waals surface area contributed by atoms with Crippen LogP contribution in [-0.4, -0.2) is 72.7 Å². The largest absolute Gasteiger partial charge is 0.480 e. The Balaban J connectivity index is 0.000000284. The molecule has 5 aromatic carbocycles. The summed E-state index contributed by atoms with van der Waals surface area (Å²) in [5.74, 6) is -3.48. The fourth-order valence-corrected chi connectivity index (χ4v) is 6.76. The van der Waals surface area contributed by atoms with Crippen molar-refractivity contribution < 1.29 is 52.8 Å². The van der Waals surface area contributed by atoms with Crippen molar-refractivity contribution in [2.45, 2.75) is 73.3 Å². The monoisotopic (exact) mass is 858 g/mol. The molecule has 0 saturated carbocycles. The van der Waals surface area contributed by atoms with E-state index < -0.39 is 61.0 Å². The van der Waals surface area contributed by atoms with Gasteiger partial charge in [-0.2, -0.15) is 0 Å². The number of carboxylic acid groups (broad SMARTS) is 1. The van der Waals surface area contributed by atoms with E-state index in [0.29, 0.717) is 11.1 Å². The van der Waals surface area contributed by atoms with E-state index in [4.69, 9.17) is 18.9 Å². The minimum absolute atomic E-state index is 0.0391. The molecule has 0 aliphatic carbocycles. The zero-order valence-electron chi connectivity index (χ0n) is 36.4. The second-order valence-electron chi connectivity index (χ2n) is 15.1. The lowest BCUT2D eigenvalue weighted by Gasteiger charge is -2.21. The normalized spacial score (nSPS) is 11.5. The standard InChI is InChI=1S/C27H28N2O6.C23H26O5/c30-25(28-24(26(31)32)19-34-17-21-12-6-2-7-13-21)23(16-20-10-4-1-5-11-20)29-27(33)35-18-22-14-8-3-9-15-22;1-13-7-15(3)20(16(4)8-13)22(25)27-11-19(24)12-28-23(26)21-17(5)9-14(2)10-18(21)6/h1-15,23-24H,16-19H2,(H,28,30)(H,29,33)(H,31,32);7-10H,11-12H2,1-6H3/t23-,24-;/m0./s1. The number of alkyl carbamates (subject to hydrolysis) is 1. The number of amides is 2. The maximum atomic E-state index is 13.0. The molecule has 5 rings (SSSR count). The fraction of sp³-hybridized carbons (Fsp3) is 0.280. The summed E-state index contributed by atoms with van der Waals surface area (Å²) in [5, 5.41) is 14.6. The van der Waals surface area contributed by atoms with Crippen molar-refractivity contribution in [1.82, 2.24) is 10.6 Å². The van der Waals surface area contributed by atoms with Gasteiger partial charge in [-0.25, -0.2) is 19.2 Å². The van der Waals surface area contributed by atoms with Crippen LogP contribution < -0.4 is 10.6 Å². The quantitative estimate of drug-likeness (QED) is 0.0589. The fourth-order valence-electron chi connectivity index (χ4n) is 6.76. The number of aryl methyl sites for hydroxylation is 6. The van der Waals surface area contributed by atoms with Gasteiger partial charge >= 0.3 is 24.0 Å². The minimum Gasteiger partial charge on any atom is -0.480 e. The van der Waals surface area contributed by atoms with Gasteiger partial charge in [-0.15, -0.1) is 0 Å². The van der Waals surface area contributed by atoms with Gasteiger partial charge in [0.2, 0.25) is 11.7 Å². The van der Waals surface area contributed by atoms with E-state index in [1.807, 2.05) is 157 Å². The molecule has 0 fully saturated rings. The van der Waals surface area contributed by atoms with Gasteiger partial charge in [-0.05, 0) is 80.5 Å². The van der Waals surface area contributed by atoms with E-state index in [9.17, 15) is 33.9 Å². The van der Waals surface area contributed by atoms with Crippen molar-refractivity contribution in [3.8, 4) is 0 Å². The number of carbonyl (C=O) groups is 6. The molecule has 0 bridgehead atoms. The van der Waals surface area contributed by atoms with Crippen LogP contribution in [0.1, 0.15) is 70.8 Å². The predicted molar refractivity (Wildman–Crippen MR) is 236 cm³/mol. The Labute approximate surface area is 367 Å². The van der Waals surface area contributed by atoms with Crippen molar-refractivity contribution in [2.75, 3.05) is 19.8 Å². The summed E-state index contributed by atoms with van der Waals surface area (Å²) >= 11 is 0. The molecule has 63 heavy (non-hydrogen) atoms. The van der Waals surface area contributed by atoms with Crippen LogP contribution in [0.15, 0.2) is 115 Å². The highest BCUT2D eigenvalue weighted by molar-refractivity contribution is 5.96. The summed E-state index contributed by atoms with van der Waals surface area (Å²) < 4.78 is 21.0. The van der Waals surface area contributed by atoms with Crippen LogP contribution in [0.3, 0.4) is 0 Å². The van der Waals surface area contributed by atoms with Gasteiger partial charge in [0.25, 0.3) is 0 Å². The van der Waals surface area contributed by atoms with Crippen molar-refractivity contribution in [2.24, 2.45) is 0 Å². The van der Waals surface area contributed by atoms with Crippen molar-refractivity contribution in [3.63, 3.8) is 0 Å². The zero-order chi connectivity index (χ0) is 45.9. The summed E-state index contributed by atoms with van der Waals surface area (Å²) in [4.78, 5) is 73.8. The molecule has 3 N–H and O–H groups in total. The summed E-state index contributed by atoms with van der Waals surface area (Å²) in [6, 6.07) is 32.7. The molecule has 0 unspecified atom stereocenters. The summed E-state index contributed by atoms with van der Waals surface area (Å²) in [6.07, 6.45) is -0.623. The first kappa shape index (κ1) is 48.5. The number of hydrogen-bond acceptors (Lipinski definition) is 10. The molecule has 0 saturated heterocycles. The van der Waals surface area contributed by atoms with Crippen molar-refractivity contribution in [1.29, 1.82) is 0 Å². The maximum absolute atomic E-state index is 13.0. The third-order valence-electron chi connectivity index (χ3n) is 9.61. The molecule has 5 aromatic rings. The van der Waals surface area contributed by atoms with E-state index in [1.54, 1.807) is 0 Å². The van der Waals surface area contributed by atoms with E-state index in [-0.39, 0.29) is 26.2 Å². The molecular formula is C50H54N2O11. The number of esters is 2. The van der Waals surface area contributed by atoms with Gasteiger partial charge in [0.05, 0.1) is 24.3 Å². The topological polar surface area (TPSA) is 184 Å². The summed E-state index contributed by atoms with van der Waals surface area (Å²) in [5.41, 5.74) is 8.69. The van der Waals surface area contributed by atoms with Crippen LogP contribution in [0.25, 0.3) is 0 Å². The molecule has 0 aliphatic rings. The number of nitrogens with one attached hydrogen (secondary N) is 2. The molecule has 0 spiro atoms. The second-order valence-corrected chi connectivity index (χ2v) is 15.1. The Morgan fingerprint density at radius 2 is 0.937 bits per heavy atom. The number of benzene rings is 5. The first-order chi connectivity index (χ1) is 30.1. The number of ketones is 1. The maximum Gasteiger partial charge on any atom is 0.408 e. The third-order valence-corrected chi connectivity index (χ3v) is 9.61. The highest BCUT2D eigenvalue weighted by Crippen LogP contribution is 2.19. The third kappa shape index (κ3) is 16.0. The molecule has 0 aromatic heterocycles. The molecule has 0 heterocycles. The van der Waals surface area contributed by atoms with Crippen LogP contribution in [0, 0.1) is 41.5 Å². The lowest BCUT2D eigenvalue weighted by atomic mass is 10.00. The molecule has 2 amide bonds. The highest BCUT2D eigenvalue weighted by Gasteiger charge is 2.28. The van der Waals surface area contributed by atoms with Gasteiger partial charge in [0.15, 0.2) is 19.3 Å². The second kappa shape index (κ2) is 24.4. The Kier molecular flexibility index (Phi) is 18.8. The summed E-state index contributed by atoms with van der Waals surface area (Å²) in [6.45, 7) is 10.3. The van der Waals surface area contributed by atoms with Gasteiger partial charge in [-0.1, -0.05) is 126 Å². The molecular weight excluding hydrogens is 805 g/mol. The number of carbonyl (C=O) groups excluding carboxylic acids is 5. The molecule has 0 aliphatic heterocycles. The Hall–Kier alpha value is -7.12. The van der Waals surface area contributed by atoms with Gasteiger partial charge in [0.1, 0.15) is 12.6 Å². The molecule has 330 valence electrons. The number of ether oxygens (including phenoxy) is 4. The van der Waals surface area contributed by atoms with Crippen LogP contribution >= 0.6 is 0 Å². The van der Waals surface area contributed by atoms with Gasteiger partial charge in [-0.3, -0.25) is 9.59 Å². The van der Waals surface area contributed by atoms with Crippen molar-refractivity contribution >= 4 is 35.7 Å². The number of Topliss-reactive ketones (excluding diaryl/α,β-unsaturated/α-hetero) is 1. The Bertz CT molecular complexity index is 2230. The van der Waals surface area contributed by atoms with E-state index in [2.05, 4.69) is 10.6 Å². The Morgan fingerprint density at radius 1 is 0.524 bits per heavy atom. The average molecular weight is 859 g/mol. The number of rotatable bonds is 18. The van der Waals surface area contributed by atoms with Gasteiger partial charge in [0, 0.05) is 6.42 Å². The minimum atomic E-state index is -1.29. The first-order valence-corrected chi connectivity index (χ1v) is 20.3. The molecule has 0 radical (unpaired) electrons. The highest BCUT2D eigenvalue weighted by atomic mass is 16.6. The zero-order valence-corrected chi connectivity index (χ0v) is 36.4. The van der Waals surface area contributed by atoms with Crippen LogP contribution in [0.2, 0.25) is 0 Å². The average Bonchev–Trinajstić information content (AvgIpc) is 3.24. The molecule has 13 nitrogen and oxygen atoms in total. The Morgan fingerprint density at radius 3 is 1.37 bits per heavy atom. The smallest absolute Gasteiger partial charge is 0.408 e. The summed E-state index contributed by atoms with van der Waals surface area (Å²) in [7, 11) is 0. The van der Waals surface area contributed by atoms with Crippen LogP contribution in [0.5, 0.6) is 0 Å². The van der Waals surface area contributed by atoms with Crippen LogP contribution in [0.4, 0.5) is 4.79 Å². The molecule has 2 atom stereocenters. The van der Waals surface area contributed by atoms with Crippen LogP contribution in [-0.2, 0) is 53.0 Å². The van der Waals surface area contributed by atoms with Crippen molar-refractivity contribution in [3.05, 3.63) is 176 Å². The SMILES string of the molecule is Cc1cc(C)c(C(=O)OCC(=O)COC(=O)c2c(C)cc(C)cc2C)c(C)c1.O=C(N[C@@H](Cc1ccccc1)C(=O)N[C@@H](COCc1ccccc1)C(=O)O)OCc1ccccc1. The lowest BCUT2D eigenvalue weighted by molar-refractivity contribution is -0.144.